The summed E-state index contributed by atoms with van der Waals surface area (Å²) in [5.74, 6) is 0. The van der Waals surface area contributed by atoms with Crippen molar-refractivity contribution in [3.8, 4) is 0 Å². The van der Waals surface area contributed by atoms with Gasteiger partial charge in [0.1, 0.15) is 0 Å². The summed E-state index contributed by atoms with van der Waals surface area (Å²) in [4.78, 5) is 2.58. The molecule has 0 N–H and O–H groups in total. The van der Waals surface area contributed by atoms with Crippen LogP contribution in [0.25, 0.3) is 0 Å². The third-order valence-corrected chi connectivity index (χ3v) is 5.24. The van der Waals surface area contributed by atoms with Gasteiger partial charge in [0, 0.05) is 17.9 Å². The van der Waals surface area contributed by atoms with E-state index in [1.165, 1.54) is 34.5 Å². The first-order valence-corrected chi connectivity index (χ1v) is 8.06. The molecule has 0 amide bonds. The van der Waals surface area contributed by atoms with Crippen molar-refractivity contribution in [1.29, 1.82) is 0 Å². The molecule has 1 heteroatoms. The van der Waals surface area contributed by atoms with Crippen molar-refractivity contribution in [2.75, 3.05) is 11.4 Å². The topological polar surface area (TPSA) is 3.24 Å². The maximum absolute atomic E-state index is 2.58. The second-order valence-corrected chi connectivity index (χ2v) is 7.23. The number of nitrogens with zero attached hydrogens (tertiary/aromatic N) is 1. The molecule has 0 spiro atoms. The molecule has 0 unspecified atom stereocenters. The van der Waals surface area contributed by atoms with Gasteiger partial charge in [-0.15, -0.1) is 0 Å². The molecule has 21 heavy (non-hydrogen) atoms. The predicted molar refractivity (Wildman–Crippen MR) is 89.7 cm³/mol. The summed E-state index contributed by atoms with van der Waals surface area (Å²) in [6.07, 6.45) is 3.54. The van der Waals surface area contributed by atoms with Crippen LogP contribution in [0.1, 0.15) is 42.5 Å². The fourth-order valence-corrected chi connectivity index (χ4v) is 4.01. The molecule has 2 heterocycles. The minimum absolute atomic E-state index is 0.284. The number of rotatable bonds is 0. The van der Waals surface area contributed by atoms with Gasteiger partial charge in [0.15, 0.2) is 0 Å². The molecule has 108 valence electrons. The normalized spacial score (nSPS) is 18.7. The Morgan fingerprint density at radius 2 is 1.76 bits per heavy atom. The first kappa shape index (κ1) is 12.9. The van der Waals surface area contributed by atoms with E-state index in [4.69, 9.17) is 0 Å². The summed E-state index contributed by atoms with van der Waals surface area (Å²) in [6.45, 7) is 8.17. The van der Waals surface area contributed by atoms with Crippen molar-refractivity contribution in [2.45, 2.75) is 45.4 Å². The standard InChI is InChI=1S/C20H23N/c1-14-12-16-9-8-15-6-4-5-7-18(15)21-11-10-20(2,3)17(13-14)19(16)21/h4-7,12-13H,8-11H2,1-3H3. The number of hydrogen-bond donors (Lipinski definition) is 0. The molecule has 0 saturated carbocycles. The smallest absolute Gasteiger partial charge is 0.0481 e. The molecular formula is C20H23N. The highest BCUT2D eigenvalue weighted by Gasteiger charge is 2.35. The number of fused-ring (bicyclic) bond motifs is 2. The van der Waals surface area contributed by atoms with Crippen molar-refractivity contribution in [3.05, 3.63) is 58.7 Å². The molecule has 0 aliphatic carbocycles. The largest absolute Gasteiger partial charge is 0.341 e. The summed E-state index contributed by atoms with van der Waals surface area (Å²) in [5.41, 5.74) is 9.20. The molecule has 0 atom stereocenters. The first-order chi connectivity index (χ1) is 10.1. The lowest BCUT2D eigenvalue weighted by atomic mass is 9.76. The Morgan fingerprint density at radius 3 is 2.62 bits per heavy atom. The summed E-state index contributed by atoms with van der Waals surface area (Å²) < 4.78 is 0. The van der Waals surface area contributed by atoms with E-state index < -0.39 is 0 Å². The van der Waals surface area contributed by atoms with Crippen LogP contribution in [0.3, 0.4) is 0 Å². The lowest BCUT2D eigenvalue weighted by Gasteiger charge is -2.41. The Morgan fingerprint density at radius 1 is 1.00 bits per heavy atom. The van der Waals surface area contributed by atoms with E-state index in [1.54, 1.807) is 5.56 Å². The highest BCUT2D eigenvalue weighted by atomic mass is 15.2. The summed E-state index contributed by atoms with van der Waals surface area (Å²) in [5, 5.41) is 0. The van der Waals surface area contributed by atoms with Gasteiger partial charge < -0.3 is 4.90 Å². The molecule has 0 aromatic heterocycles. The SMILES string of the molecule is Cc1cc2c3c(c1)C(C)(C)CCN3c1ccccc1CC2. The van der Waals surface area contributed by atoms with Crippen LogP contribution in [-0.2, 0) is 18.3 Å². The van der Waals surface area contributed by atoms with Crippen LogP contribution in [0.4, 0.5) is 11.4 Å². The molecule has 2 aromatic rings. The first-order valence-electron chi connectivity index (χ1n) is 8.06. The molecular weight excluding hydrogens is 254 g/mol. The minimum Gasteiger partial charge on any atom is -0.341 e. The fraction of sp³-hybridized carbons (Fsp3) is 0.400. The van der Waals surface area contributed by atoms with Gasteiger partial charge in [0.05, 0.1) is 0 Å². The maximum atomic E-state index is 2.58. The van der Waals surface area contributed by atoms with Gasteiger partial charge in [-0.3, -0.25) is 0 Å². The zero-order chi connectivity index (χ0) is 14.6. The van der Waals surface area contributed by atoms with Gasteiger partial charge >= 0.3 is 0 Å². The lowest BCUT2D eigenvalue weighted by molar-refractivity contribution is 0.466. The van der Waals surface area contributed by atoms with Gasteiger partial charge in [-0.2, -0.15) is 0 Å². The number of hydrogen-bond acceptors (Lipinski definition) is 1. The van der Waals surface area contributed by atoms with Gasteiger partial charge in [0.25, 0.3) is 0 Å². The Hall–Kier alpha value is -1.76. The van der Waals surface area contributed by atoms with E-state index in [-0.39, 0.29) is 5.41 Å². The quantitative estimate of drug-likeness (QED) is 0.661. The minimum atomic E-state index is 0.284. The van der Waals surface area contributed by atoms with Crippen molar-refractivity contribution >= 4 is 11.4 Å². The predicted octanol–water partition coefficient (Wildman–Crippen LogP) is 4.91. The monoisotopic (exact) mass is 277 g/mol. The Balaban J connectivity index is 2.01. The third kappa shape index (κ3) is 1.91. The number of anilines is 2. The molecule has 0 radical (unpaired) electrons. The van der Waals surface area contributed by atoms with E-state index in [1.807, 2.05) is 0 Å². The lowest BCUT2D eigenvalue weighted by Crippen LogP contribution is -2.35. The second-order valence-electron chi connectivity index (χ2n) is 7.23. The number of para-hydroxylation sites is 1. The molecule has 2 aliphatic heterocycles. The van der Waals surface area contributed by atoms with Crippen LogP contribution in [0.15, 0.2) is 36.4 Å². The molecule has 1 nitrogen and oxygen atoms in total. The Kier molecular flexibility index (Phi) is 2.69. The van der Waals surface area contributed by atoms with Crippen LogP contribution < -0.4 is 4.90 Å². The Labute approximate surface area is 127 Å². The molecule has 0 fully saturated rings. The van der Waals surface area contributed by atoms with Crippen molar-refractivity contribution < 1.29 is 0 Å². The number of aryl methyl sites for hydroxylation is 3. The summed E-state index contributed by atoms with van der Waals surface area (Å²) in [6, 6.07) is 13.8. The average molecular weight is 277 g/mol. The fourth-order valence-electron chi connectivity index (χ4n) is 4.01. The molecule has 2 aliphatic rings. The number of benzene rings is 2. The van der Waals surface area contributed by atoms with E-state index in [0.717, 1.165) is 19.4 Å². The molecule has 0 saturated heterocycles. The molecule has 2 aromatic carbocycles. The Bertz CT molecular complexity index is 712. The van der Waals surface area contributed by atoms with E-state index >= 15 is 0 Å². The van der Waals surface area contributed by atoms with Gasteiger partial charge in [0.2, 0.25) is 0 Å². The highest BCUT2D eigenvalue weighted by molar-refractivity contribution is 5.76. The van der Waals surface area contributed by atoms with Crippen LogP contribution in [0.5, 0.6) is 0 Å². The van der Waals surface area contributed by atoms with Crippen molar-refractivity contribution in [3.63, 3.8) is 0 Å². The summed E-state index contributed by atoms with van der Waals surface area (Å²) >= 11 is 0. The van der Waals surface area contributed by atoms with E-state index in [0.29, 0.717) is 0 Å². The molecule has 4 rings (SSSR count). The van der Waals surface area contributed by atoms with Gasteiger partial charge in [-0.05, 0) is 54.4 Å². The van der Waals surface area contributed by atoms with Crippen LogP contribution >= 0.6 is 0 Å². The van der Waals surface area contributed by atoms with Crippen molar-refractivity contribution in [1.82, 2.24) is 0 Å². The zero-order valence-corrected chi connectivity index (χ0v) is 13.2. The third-order valence-electron chi connectivity index (χ3n) is 5.24. The van der Waals surface area contributed by atoms with Gasteiger partial charge in [-0.25, -0.2) is 0 Å². The van der Waals surface area contributed by atoms with Crippen molar-refractivity contribution in [2.24, 2.45) is 0 Å². The van der Waals surface area contributed by atoms with Crippen LogP contribution in [0.2, 0.25) is 0 Å². The van der Waals surface area contributed by atoms with E-state index in [2.05, 4.69) is 62.1 Å². The second kappa shape index (κ2) is 4.37. The zero-order valence-electron chi connectivity index (χ0n) is 13.2. The van der Waals surface area contributed by atoms with Crippen LogP contribution in [-0.4, -0.2) is 6.54 Å². The van der Waals surface area contributed by atoms with Gasteiger partial charge in [-0.1, -0.05) is 49.7 Å². The average Bonchev–Trinajstić information content (AvgIpc) is 2.61. The van der Waals surface area contributed by atoms with Crippen LogP contribution in [0, 0.1) is 6.92 Å². The van der Waals surface area contributed by atoms with E-state index in [9.17, 15) is 0 Å². The maximum Gasteiger partial charge on any atom is 0.0481 e. The molecule has 0 bridgehead atoms. The highest BCUT2D eigenvalue weighted by Crippen LogP contribution is 2.47. The summed E-state index contributed by atoms with van der Waals surface area (Å²) in [7, 11) is 0.